The molecule has 0 N–H and O–H groups in total. The first-order chi connectivity index (χ1) is 7.55. The van der Waals surface area contributed by atoms with E-state index >= 15 is 0 Å². The lowest BCUT2D eigenvalue weighted by atomic mass is 10.1. The summed E-state index contributed by atoms with van der Waals surface area (Å²) in [6, 6.07) is 0.0801. The van der Waals surface area contributed by atoms with Crippen LogP contribution in [-0.2, 0) is 12.4 Å². The van der Waals surface area contributed by atoms with Crippen LogP contribution in [0.25, 0.3) is 0 Å². The van der Waals surface area contributed by atoms with Crippen LogP contribution >= 0.6 is 0 Å². The van der Waals surface area contributed by atoms with Crippen molar-refractivity contribution in [1.29, 1.82) is 0 Å². The molecule has 1 aromatic rings. The molecule has 0 aliphatic heterocycles. The van der Waals surface area contributed by atoms with Crippen LogP contribution in [0.5, 0.6) is 0 Å². The molecule has 1 rings (SSSR count). The van der Waals surface area contributed by atoms with Crippen LogP contribution in [0.1, 0.15) is 23.2 Å². The Morgan fingerprint density at radius 3 is 1.82 bits per heavy atom. The first-order valence-electron chi connectivity index (χ1n) is 3.96. The second kappa shape index (κ2) is 4.11. The van der Waals surface area contributed by atoms with Crippen molar-refractivity contribution in [2.24, 2.45) is 0 Å². The average Bonchev–Trinajstić information content (AvgIpc) is 2.13. The van der Waals surface area contributed by atoms with Gasteiger partial charge in [0.25, 0.3) is 6.43 Å². The zero-order valence-corrected chi connectivity index (χ0v) is 7.70. The van der Waals surface area contributed by atoms with Crippen molar-refractivity contribution >= 4 is 0 Å². The first kappa shape index (κ1) is 13.7. The predicted octanol–water partition coefficient (Wildman–Crippen LogP) is 4.06. The van der Waals surface area contributed by atoms with Crippen molar-refractivity contribution in [3.63, 3.8) is 0 Å². The topological polar surface area (TPSA) is 12.9 Å². The molecule has 9 heteroatoms. The fourth-order valence-corrected chi connectivity index (χ4v) is 1.17. The van der Waals surface area contributed by atoms with Crippen LogP contribution < -0.4 is 0 Å². The van der Waals surface area contributed by atoms with E-state index in [1.54, 1.807) is 0 Å². The molecule has 0 aliphatic carbocycles. The summed E-state index contributed by atoms with van der Waals surface area (Å²) in [7, 11) is 0. The molecule has 0 saturated carbocycles. The molecular weight excluding hydrogens is 262 g/mol. The van der Waals surface area contributed by atoms with Gasteiger partial charge in [-0.25, -0.2) is 8.78 Å². The van der Waals surface area contributed by atoms with E-state index in [1.807, 2.05) is 0 Å². The number of hydrogen-bond acceptors (Lipinski definition) is 1. The Balaban J connectivity index is 3.55. The normalized spacial score (nSPS) is 13.2. The van der Waals surface area contributed by atoms with E-state index in [-0.39, 0.29) is 12.3 Å². The number of rotatable bonds is 1. The van der Waals surface area contributed by atoms with Gasteiger partial charge in [-0.05, 0) is 6.07 Å². The molecule has 1 aromatic heterocycles. The summed E-state index contributed by atoms with van der Waals surface area (Å²) in [5.41, 5.74) is -6.40. The number of hydrogen-bond donors (Lipinski definition) is 0. The minimum Gasteiger partial charge on any atom is -0.251 e. The lowest BCUT2D eigenvalue weighted by Crippen LogP contribution is -2.18. The second-order valence-corrected chi connectivity index (χ2v) is 2.92. The van der Waals surface area contributed by atoms with Crippen LogP contribution in [0.4, 0.5) is 35.1 Å². The minimum atomic E-state index is -5.37. The van der Waals surface area contributed by atoms with Crippen molar-refractivity contribution in [1.82, 2.24) is 4.98 Å². The summed E-state index contributed by atoms with van der Waals surface area (Å²) in [4.78, 5) is 2.54. The molecular formula is C8H3F8N. The fraction of sp³-hybridized carbons (Fsp3) is 0.375. The molecule has 0 aliphatic rings. The van der Waals surface area contributed by atoms with Crippen LogP contribution in [0.3, 0.4) is 0 Å². The molecule has 0 aromatic carbocycles. The molecule has 0 bridgehead atoms. The standard InChI is InChI=1S/C8H3F8N/c9-6(10)4-3(7(11,12)13)1-2-17-5(4)8(14,15)16/h1-2,6H. The van der Waals surface area contributed by atoms with Gasteiger partial charge in [-0.3, -0.25) is 4.98 Å². The lowest BCUT2D eigenvalue weighted by Gasteiger charge is -2.16. The van der Waals surface area contributed by atoms with Gasteiger partial charge in [0.2, 0.25) is 0 Å². The Kier molecular flexibility index (Phi) is 3.30. The Morgan fingerprint density at radius 2 is 1.47 bits per heavy atom. The number of nitrogens with zero attached hydrogens (tertiary/aromatic N) is 1. The maximum atomic E-state index is 12.3. The van der Waals surface area contributed by atoms with Gasteiger partial charge in [-0.15, -0.1) is 0 Å². The van der Waals surface area contributed by atoms with Crippen LogP contribution in [0.15, 0.2) is 12.3 Å². The van der Waals surface area contributed by atoms with Gasteiger partial charge in [0.15, 0.2) is 5.69 Å². The largest absolute Gasteiger partial charge is 0.433 e. The summed E-state index contributed by atoms with van der Waals surface area (Å²) >= 11 is 0. The van der Waals surface area contributed by atoms with Crippen LogP contribution in [-0.4, -0.2) is 4.98 Å². The number of aromatic nitrogens is 1. The Hall–Kier alpha value is -1.41. The zero-order chi connectivity index (χ0) is 13.4. The lowest BCUT2D eigenvalue weighted by molar-refractivity contribution is -0.149. The highest BCUT2D eigenvalue weighted by molar-refractivity contribution is 5.35. The second-order valence-electron chi connectivity index (χ2n) is 2.92. The third-order valence-corrected chi connectivity index (χ3v) is 1.78. The molecule has 0 unspecified atom stereocenters. The summed E-state index contributed by atoms with van der Waals surface area (Å²) < 4.78 is 98.0. The minimum absolute atomic E-state index is 0.0801. The highest BCUT2D eigenvalue weighted by Gasteiger charge is 2.44. The SMILES string of the molecule is FC(F)c1c(C(F)(F)F)ccnc1C(F)(F)F. The first-order valence-corrected chi connectivity index (χ1v) is 3.96. The van der Waals surface area contributed by atoms with E-state index in [9.17, 15) is 35.1 Å². The Labute approximate surface area is 89.1 Å². The molecule has 0 spiro atoms. The third kappa shape index (κ3) is 2.83. The predicted molar refractivity (Wildman–Crippen MR) is 39.2 cm³/mol. The molecule has 96 valence electrons. The summed E-state index contributed by atoms with van der Waals surface area (Å²) in [5, 5.41) is 0. The van der Waals surface area contributed by atoms with Crippen molar-refractivity contribution in [3.05, 3.63) is 29.1 Å². The highest BCUT2D eigenvalue weighted by Crippen LogP contribution is 2.42. The van der Waals surface area contributed by atoms with E-state index in [0.717, 1.165) is 0 Å². The van der Waals surface area contributed by atoms with Gasteiger partial charge < -0.3 is 0 Å². The summed E-state index contributed by atoms with van der Waals surface area (Å²) in [5.74, 6) is 0. The molecule has 0 saturated heterocycles. The number of pyridine rings is 1. The molecule has 1 nitrogen and oxygen atoms in total. The van der Waals surface area contributed by atoms with Crippen molar-refractivity contribution in [2.45, 2.75) is 18.8 Å². The van der Waals surface area contributed by atoms with Crippen molar-refractivity contribution in [2.75, 3.05) is 0 Å². The van der Waals surface area contributed by atoms with Crippen LogP contribution in [0.2, 0.25) is 0 Å². The van der Waals surface area contributed by atoms with Gasteiger partial charge in [0.05, 0.1) is 11.1 Å². The van der Waals surface area contributed by atoms with E-state index in [2.05, 4.69) is 4.98 Å². The zero-order valence-electron chi connectivity index (χ0n) is 7.70. The van der Waals surface area contributed by atoms with Gasteiger partial charge in [-0.2, -0.15) is 26.3 Å². The van der Waals surface area contributed by atoms with Crippen molar-refractivity contribution < 1.29 is 35.1 Å². The smallest absolute Gasteiger partial charge is 0.251 e. The Morgan fingerprint density at radius 1 is 0.941 bits per heavy atom. The third-order valence-electron chi connectivity index (χ3n) is 1.78. The summed E-state index contributed by atoms with van der Waals surface area (Å²) in [6.07, 6.45) is -14.4. The van der Waals surface area contributed by atoms with Gasteiger partial charge >= 0.3 is 12.4 Å². The quantitative estimate of drug-likeness (QED) is 0.698. The average molecular weight is 265 g/mol. The molecule has 0 radical (unpaired) electrons. The van der Waals surface area contributed by atoms with Crippen LogP contribution in [0, 0.1) is 0 Å². The van der Waals surface area contributed by atoms with E-state index in [4.69, 9.17) is 0 Å². The fourth-order valence-electron chi connectivity index (χ4n) is 1.17. The maximum absolute atomic E-state index is 12.3. The van der Waals surface area contributed by atoms with Gasteiger partial charge in [0, 0.05) is 6.20 Å². The molecule has 0 atom stereocenters. The number of alkyl halides is 8. The molecule has 0 amide bonds. The van der Waals surface area contributed by atoms with Gasteiger partial charge in [0.1, 0.15) is 0 Å². The van der Waals surface area contributed by atoms with E-state index < -0.39 is 35.6 Å². The van der Waals surface area contributed by atoms with E-state index in [0.29, 0.717) is 0 Å². The number of halogens is 8. The maximum Gasteiger partial charge on any atom is 0.433 e. The summed E-state index contributed by atoms with van der Waals surface area (Å²) in [6.45, 7) is 0. The molecule has 0 fully saturated rings. The Bertz CT molecular complexity index is 373. The van der Waals surface area contributed by atoms with E-state index in [1.165, 1.54) is 0 Å². The molecule has 17 heavy (non-hydrogen) atoms. The molecule has 1 heterocycles. The highest BCUT2D eigenvalue weighted by atomic mass is 19.4. The van der Waals surface area contributed by atoms with Crippen molar-refractivity contribution in [3.8, 4) is 0 Å². The van der Waals surface area contributed by atoms with Gasteiger partial charge in [-0.1, -0.05) is 0 Å². The monoisotopic (exact) mass is 265 g/mol.